The van der Waals surface area contributed by atoms with E-state index in [2.05, 4.69) is 15.4 Å². The quantitative estimate of drug-likeness (QED) is 0.762. The molecule has 2 N–H and O–H groups in total. The lowest BCUT2D eigenvalue weighted by Gasteiger charge is -2.17. The first-order valence-electron chi connectivity index (χ1n) is 9.92. The molecule has 4 rings (SSSR count). The summed E-state index contributed by atoms with van der Waals surface area (Å²) in [5.41, 5.74) is 3.30. The van der Waals surface area contributed by atoms with Crippen LogP contribution in [0, 0.1) is 19.8 Å². The molecule has 28 heavy (non-hydrogen) atoms. The number of β-amino-alcohol motifs (C(OH)–C–C–N with tert-alkyl or cyclic N) is 1. The summed E-state index contributed by atoms with van der Waals surface area (Å²) in [6.07, 6.45) is 2.52. The Balaban J connectivity index is 1.53. The van der Waals surface area contributed by atoms with E-state index in [-0.39, 0.29) is 17.9 Å². The van der Waals surface area contributed by atoms with Gasteiger partial charge in [0.05, 0.1) is 17.4 Å². The van der Waals surface area contributed by atoms with Gasteiger partial charge in [-0.25, -0.2) is 0 Å². The van der Waals surface area contributed by atoms with Gasteiger partial charge in [-0.1, -0.05) is 5.16 Å². The van der Waals surface area contributed by atoms with Crippen LogP contribution in [0.2, 0.25) is 0 Å². The van der Waals surface area contributed by atoms with Gasteiger partial charge in [-0.2, -0.15) is 0 Å². The number of anilines is 1. The Kier molecular flexibility index (Phi) is 5.37. The molecule has 1 atom stereocenters. The summed E-state index contributed by atoms with van der Waals surface area (Å²) >= 11 is 0. The Morgan fingerprint density at radius 2 is 2.18 bits per heavy atom. The number of amides is 1. The molecule has 0 radical (unpaired) electrons. The SMILES string of the molecule is Cc1noc(C)c1-c1cc(NC(=O)C2CC2)ccc1OCCN1CCC(O)C1. The van der Waals surface area contributed by atoms with Crippen LogP contribution in [0.3, 0.4) is 0 Å². The zero-order valence-corrected chi connectivity index (χ0v) is 16.4. The average molecular weight is 385 g/mol. The number of aliphatic hydroxyl groups is 1. The van der Waals surface area contributed by atoms with Crippen molar-refractivity contribution in [1.82, 2.24) is 10.1 Å². The maximum Gasteiger partial charge on any atom is 0.227 e. The summed E-state index contributed by atoms with van der Waals surface area (Å²) in [6.45, 7) is 6.66. The molecular weight excluding hydrogens is 358 g/mol. The van der Waals surface area contributed by atoms with Crippen molar-refractivity contribution in [3.05, 3.63) is 29.7 Å². The van der Waals surface area contributed by atoms with E-state index >= 15 is 0 Å². The second-order valence-corrected chi connectivity index (χ2v) is 7.77. The van der Waals surface area contributed by atoms with E-state index in [9.17, 15) is 9.90 Å². The average Bonchev–Trinajstić information content (AvgIpc) is 3.36. The molecule has 1 aliphatic carbocycles. The van der Waals surface area contributed by atoms with Crippen LogP contribution in [0.25, 0.3) is 11.1 Å². The predicted molar refractivity (Wildman–Crippen MR) is 105 cm³/mol. The number of aromatic nitrogens is 1. The first kappa shape index (κ1) is 19.0. The summed E-state index contributed by atoms with van der Waals surface area (Å²) in [6, 6.07) is 5.70. The Labute approximate surface area is 164 Å². The molecular formula is C21H27N3O4. The van der Waals surface area contributed by atoms with Gasteiger partial charge >= 0.3 is 0 Å². The van der Waals surface area contributed by atoms with Crippen molar-refractivity contribution in [2.24, 2.45) is 5.92 Å². The predicted octanol–water partition coefficient (Wildman–Crippen LogP) is 2.75. The van der Waals surface area contributed by atoms with Crippen LogP contribution in [0.15, 0.2) is 22.7 Å². The monoisotopic (exact) mass is 385 g/mol. The number of carbonyl (C=O) groups is 1. The summed E-state index contributed by atoms with van der Waals surface area (Å²) in [7, 11) is 0. The molecule has 1 aromatic heterocycles. The number of ether oxygens (including phenoxy) is 1. The fourth-order valence-corrected chi connectivity index (χ4v) is 3.69. The molecule has 1 saturated carbocycles. The Morgan fingerprint density at radius 3 is 2.82 bits per heavy atom. The number of hydrogen-bond donors (Lipinski definition) is 2. The summed E-state index contributed by atoms with van der Waals surface area (Å²) < 4.78 is 11.4. The molecule has 2 heterocycles. The van der Waals surface area contributed by atoms with Gasteiger partial charge in [0.2, 0.25) is 5.91 Å². The molecule has 1 aromatic carbocycles. The number of nitrogens with one attached hydrogen (secondary N) is 1. The summed E-state index contributed by atoms with van der Waals surface area (Å²) in [5.74, 6) is 1.68. The van der Waals surface area contributed by atoms with Crippen LogP contribution in [-0.2, 0) is 4.79 Å². The second-order valence-electron chi connectivity index (χ2n) is 7.77. The number of nitrogens with zero attached hydrogens (tertiary/aromatic N) is 2. The van der Waals surface area contributed by atoms with E-state index in [0.717, 1.165) is 66.4 Å². The first-order chi connectivity index (χ1) is 13.5. The highest BCUT2D eigenvalue weighted by Crippen LogP contribution is 2.37. The zero-order valence-electron chi connectivity index (χ0n) is 16.4. The molecule has 2 aromatic rings. The number of carbonyl (C=O) groups excluding carboxylic acids is 1. The highest BCUT2D eigenvalue weighted by Gasteiger charge is 2.30. The Morgan fingerprint density at radius 1 is 1.36 bits per heavy atom. The van der Waals surface area contributed by atoms with Gasteiger partial charge in [0.15, 0.2) is 0 Å². The third-order valence-electron chi connectivity index (χ3n) is 5.41. The van der Waals surface area contributed by atoms with E-state index in [1.807, 2.05) is 32.0 Å². The number of hydrogen-bond acceptors (Lipinski definition) is 6. The Hall–Kier alpha value is -2.38. The van der Waals surface area contributed by atoms with Gasteiger partial charge < -0.3 is 19.7 Å². The van der Waals surface area contributed by atoms with E-state index < -0.39 is 0 Å². The van der Waals surface area contributed by atoms with Crippen molar-refractivity contribution in [3.8, 4) is 16.9 Å². The molecule has 2 aliphatic rings. The van der Waals surface area contributed by atoms with Gasteiger partial charge in [-0.05, 0) is 51.3 Å². The van der Waals surface area contributed by atoms with Crippen molar-refractivity contribution in [2.45, 2.75) is 39.2 Å². The van der Waals surface area contributed by atoms with Gasteiger partial charge in [-0.15, -0.1) is 0 Å². The third-order valence-corrected chi connectivity index (χ3v) is 5.41. The lowest BCUT2D eigenvalue weighted by Crippen LogP contribution is -2.27. The maximum atomic E-state index is 12.1. The van der Waals surface area contributed by atoms with Crippen molar-refractivity contribution in [2.75, 3.05) is 31.6 Å². The highest BCUT2D eigenvalue weighted by atomic mass is 16.5. The minimum atomic E-state index is -0.229. The lowest BCUT2D eigenvalue weighted by atomic mass is 10.0. The largest absolute Gasteiger partial charge is 0.492 e. The summed E-state index contributed by atoms with van der Waals surface area (Å²) in [5, 5.41) is 16.7. The number of aliphatic hydroxyl groups excluding tert-OH is 1. The molecule has 1 aliphatic heterocycles. The summed E-state index contributed by atoms with van der Waals surface area (Å²) in [4.78, 5) is 14.3. The van der Waals surface area contributed by atoms with Gasteiger partial charge in [-0.3, -0.25) is 9.69 Å². The van der Waals surface area contributed by atoms with E-state index in [1.165, 1.54) is 0 Å². The number of rotatable bonds is 7. The number of aryl methyl sites for hydroxylation is 2. The molecule has 0 spiro atoms. The van der Waals surface area contributed by atoms with Crippen LogP contribution in [0.4, 0.5) is 5.69 Å². The van der Waals surface area contributed by atoms with Gasteiger partial charge in [0, 0.05) is 36.8 Å². The van der Waals surface area contributed by atoms with Crippen LogP contribution >= 0.6 is 0 Å². The molecule has 1 amide bonds. The smallest absolute Gasteiger partial charge is 0.227 e. The normalized spacial score (nSPS) is 19.8. The van der Waals surface area contributed by atoms with Crippen LogP contribution in [0.5, 0.6) is 5.75 Å². The maximum absolute atomic E-state index is 12.1. The van der Waals surface area contributed by atoms with Gasteiger partial charge in [0.1, 0.15) is 18.1 Å². The van der Waals surface area contributed by atoms with Crippen molar-refractivity contribution in [3.63, 3.8) is 0 Å². The Bertz CT molecular complexity index is 840. The number of benzene rings is 1. The molecule has 2 fully saturated rings. The van der Waals surface area contributed by atoms with Crippen LogP contribution in [-0.4, -0.2) is 53.4 Å². The van der Waals surface area contributed by atoms with E-state index in [4.69, 9.17) is 9.26 Å². The van der Waals surface area contributed by atoms with E-state index in [1.54, 1.807) is 0 Å². The van der Waals surface area contributed by atoms with Crippen LogP contribution < -0.4 is 10.1 Å². The lowest BCUT2D eigenvalue weighted by molar-refractivity contribution is -0.117. The fourth-order valence-electron chi connectivity index (χ4n) is 3.69. The number of likely N-dealkylation sites (tertiary alicyclic amines) is 1. The first-order valence-corrected chi connectivity index (χ1v) is 9.92. The fraction of sp³-hybridized carbons (Fsp3) is 0.524. The van der Waals surface area contributed by atoms with Crippen LogP contribution in [0.1, 0.15) is 30.7 Å². The molecule has 150 valence electrons. The minimum absolute atomic E-state index is 0.0750. The zero-order chi connectivity index (χ0) is 19.7. The standard InChI is InChI=1S/C21H27N3O4/c1-13-20(14(2)28-23-13)18-11-16(22-21(26)15-3-4-15)5-6-19(18)27-10-9-24-8-7-17(25)12-24/h5-6,11,15,17,25H,3-4,7-10,12H2,1-2H3,(H,22,26). The van der Waals surface area contributed by atoms with Gasteiger partial charge in [0.25, 0.3) is 0 Å². The van der Waals surface area contributed by atoms with Crippen molar-refractivity contribution < 1.29 is 19.2 Å². The second kappa shape index (κ2) is 7.93. The van der Waals surface area contributed by atoms with Crippen molar-refractivity contribution in [1.29, 1.82) is 0 Å². The molecule has 7 heteroatoms. The molecule has 0 bridgehead atoms. The van der Waals surface area contributed by atoms with E-state index in [0.29, 0.717) is 13.2 Å². The highest BCUT2D eigenvalue weighted by molar-refractivity contribution is 5.95. The topological polar surface area (TPSA) is 87.8 Å². The minimum Gasteiger partial charge on any atom is -0.492 e. The molecule has 1 saturated heterocycles. The molecule has 1 unspecified atom stereocenters. The third kappa shape index (κ3) is 4.20. The molecule has 7 nitrogen and oxygen atoms in total. The van der Waals surface area contributed by atoms with Crippen molar-refractivity contribution >= 4 is 11.6 Å².